The van der Waals surface area contributed by atoms with Crippen LogP contribution in [0.15, 0.2) is 18.2 Å². The van der Waals surface area contributed by atoms with E-state index in [1.165, 1.54) is 25.7 Å². The molecule has 0 atom stereocenters. The van der Waals surface area contributed by atoms with Crippen LogP contribution in [0.2, 0.25) is 0 Å². The van der Waals surface area contributed by atoms with E-state index in [9.17, 15) is 4.79 Å². The van der Waals surface area contributed by atoms with E-state index in [2.05, 4.69) is 12.2 Å². The number of carbonyl (C=O) groups excluding carboxylic acids is 1. The third kappa shape index (κ3) is 6.60. The molecule has 0 unspecified atom stereocenters. The number of unbranched alkanes of at least 4 members (excludes halogenated alkanes) is 3. The molecule has 3 N–H and O–H groups in total. The van der Waals surface area contributed by atoms with E-state index in [0.717, 1.165) is 29.9 Å². The summed E-state index contributed by atoms with van der Waals surface area (Å²) in [7, 11) is 0. The summed E-state index contributed by atoms with van der Waals surface area (Å²) in [5.41, 5.74) is 8.39. The number of anilines is 1. The standard InChI is InChI=1S/C15H24N2O.ClH/c1-3-4-5-6-9-17-11-14-10-13(12(2)18)7-8-15(14)16;/h7-8,10,17H,3-6,9,11,16H2,1-2H3;1H. The van der Waals surface area contributed by atoms with Crippen LogP contribution in [0.1, 0.15) is 55.5 Å². The van der Waals surface area contributed by atoms with Gasteiger partial charge in [-0.1, -0.05) is 26.2 Å². The number of hydrogen-bond acceptors (Lipinski definition) is 3. The van der Waals surface area contributed by atoms with Gasteiger partial charge in [-0.05, 0) is 43.7 Å². The summed E-state index contributed by atoms with van der Waals surface area (Å²) in [5.74, 6) is 0.0826. The molecule has 0 bridgehead atoms. The Morgan fingerprint density at radius 2 is 2.00 bits per heavy atom. The lowest BCUT2D eigenvalue weighted by Gasteiger charge is -2.09. The lowest BCUT2D eigenvalue weighted by molar-refractivity contribution is 0.101. The molecule has 0 radical (unpaired) electrons. The van der Waals surface area contributed by atoms with Crippen LogP contribution in [0, 0.1) is 0 Å². The first-order valence-corrected chi connectivity index (χ1v) is 6.75. The van der Waals surface area contributed by atoms with E-state index < -0.39 is 0 Å². The van der Waals surface area contributed by atoms with E-state index in [4.69, 9.17) is 5.73 Å². The van der Waals surface area contributed by atoms with Crippen LogP contribution in [0.25, 0.3) is 0 Å². The van der Waals surface area contributed by atoms with E-state index in [0.29, 0.717) is 0 Å². The van der Waals surface area contributed by atoms with Crippen LogP contribution in [-0.4, -0.2) is 12.3 Å². The van der Waals surface area contributed by atoms with Crippen molar-refractivity contribution in [2.75, 3.05) is 12.3 Å². The first-order valence-electron chi connectivity index (χ1n) is 6.75. The molecule has 0 fully saturated rings. The van der Waals surface area contributed by atoms with Gasteiger partial charge in [0.15, 0.2) is 5.78 Å². The SMILES string of the molecule is CCCCCCNCc1cc(C(C)=O)ccc1N.Cl. The van der Waals surface area contributed by atoms with Gasteiger partial charge in [-0.15, -0.1) is 12.4 Å². The molecule has 0 saturated carbocycles. The maximum absolute atomic E-state index is 11.3. The molecule has 0 heterocycles. The Balaban J connectivity index is 0.00000324. The zero-order valence-corrected chi connectivity index (χ0v) is 12.7. The fourth-order valence-electron chi connectivity index (χ4n) is 1.88. The van der Waals surface area contributed by atoms with Crippen molar-refractivity contribution in [3.05, 3.63) is 29.3 Å². The summed E-state index contributed by atoms with van der Waals surface area (Å²) in [6, 6.07) is 5.48. The normalized spacial score (nSPS) is 10.0. The van der Waals surface area contributed by atoms with Crippen LogP contribution in [-0.2, 0) is 6.54 Å². The summed E-state index contributed by atoms with van der Waals surface area (Å²) >= 11 is 0. The van der Waals surface area contributed by atoms with Gasteiger partial charge in [0, 0.05) is 17.8 Å². The Kier molecular flexibility index (Phi) is 9.27. The second-order valence-corrected chi connectivity index (χ2v) is 4.71. The van der Waals surface area contributed by atoms with Gasteiger partial charge in [-0.2, -0.15) is 0 Å². The highest BCUT2D eigenvalue weighted by Gasteiger charge is 2.04. The maximum Gasteiger partial charge on any atom is 0.159 e. The van der Waals surface area contributed by atoms with Crippen LogP contribution in [0.3, 0.4) is 0 Å². The number of benzene rings is 1. The molecule has 1 aromatic rings. The third-order valence-corrected chi connectivity index (χ3v) is 3.07. The Hall–Kier alpha value is -1.06. The van der Waals surface area contributed by atoms with Gasteiger partial charge in [-0.3, -0.25) is 4.79 Å². The molecule has 0 aliphatic heterocycles. The van der Waals surface area contributed by atoms with Crippen molar-refractivity contribution in [1.82, 2.24) is 5.32 Å². The molecule has 0 aliphatic carbocycles. The van der Waals surface area contributed by atoms with Crippen LogP contribution >= 0.6 is 12.4 Å². The van der Waals surface area contributed by atoms with Crippen molar-refractivity contribution in [1.29, 1.82) is 0 Å². The van der Waals surface area contributed by atoms with Crippen molar-refractivity contribution < 1.29 is 4.79 Å². The number of nitrogens with two attached hydrogens (primary N) is 1. The predicted octanol–water partition coefficient (Wildman–Crippen LogP) is 3.56. The van der Waals surface area contributed by atoms with Crippen molar-refractivity contribution in [2.45, 2.75) is 46.1 Å². The monoisotopic (exact) mass is 284 g/mol. The van der Waals surface area contributed by atoms with Crippen molar-refractivity contribution in [3.8, 4) is 0 Å². The molecule has 108 valence electrons. The summed E-state index contributed by atoms with van der Waals surface area (Å²) in [6.45, 7) is 5.53. The number of nitrogens with one attached hydrogen (secondary N) is 1. The highest BCUT2D eigenvalue weighted by atomic mass is 35.5. The van der Waals surface area contributed by atoms with Gasteiger partial charge >= 0.3 is 0 Å². The summed E-state index contributed by atoms with van der Waals surface area (Å²) in [6.07, 6.45) is 5.02. The molecular formula is C15H25ClN2O. The Morgan fingerprint density at radius 3 is 2.63 bits per heavy atom. The molecule has 19 heavy (non-hydrogen) atoms. The average Bonchev–Trinajstić information content (AvgIpc) is 2.35. The van der Waals surface area contributed by atoms with Crippen LogP contribution in [0.5, 0.6) is 0 Å². The highest BCUT2D eigenvalue weighted by molar-refractivity contribution is 5.94. The van der Waals surface area contributed by atoms with Gasteiger partial charge in [-0.25, -0.2) is 0 Å². The fraction of sp³-hybridized carbons (Fsp3) is 0.533. The second-order valence-electron chi connectivity index (χ2n) is 4.71. The molecule has 0 amide bonds. The zero-order valence-electron chi connectivity index (χ0n) is 11.9. The first kappa shape index (κ1) is 17.9. The number of nitrogen functional groups attached to an aromatic ring is 1. The lowest BCUT2D eigenvalue weighted by atomic mass is 10.1. The number of rotatable bonds is 8. The summed E-state index contributed by atoms with van der Waals surface area (Å²) in [5, 5.41) is 3.38. The summed E-state index contributed by atoms with van der Waals surface area (Å²) in [4.78, 5) is 11.3. The number of Topliss-reactive ketones (excluding diaryl/α,β-unsaturated/α-hetero) is 1. The summed E-state index contributed by atoms with van der Waals surface area (Å²) < 4.78 is 0. The zero-order chi connectivity index (χ0) is 13.4. The highest BCUT2D eigenvalue weighted by Crippen LogP contribution is 2.14. The van der Waals surface area contributed by atoms with Gasteiger partial charge in [0.1, 0.15) is 0 Å². The van der Waals surface area contributed by atoms with Crippen LogP contribution < -0.4 is 11.1 Å². The Bertz CT molecular complexity index is 394. The first-order chi connectivity index (χ1) is 8.65. The quantitative estimate of drug-likeness (QED) is 0.436. The molecule has 0 aromatic heterocycles. The molecule has 4 heteroatoms. The van der Waals surface area contributed by atoms with Crippen molar-refractivity contribution in [3.63, 3.8) is 0 Å². The van der Waals surface area contributed by atoms with Crippen molar-refractivity contribution >= 4 is 23.9 Å². The number of carbonyl (C=O) groups is 1. The second kappa shape index (κ2) is 9.82. The number of halogens is 1. The van der Waals surface area contributed by atoms with E-state index in [1.54, 1.807) is 13.0 Å². The van der Waals surface area contributed by atoms with Gasteiger partial charge in [0.05, 0.1) is 0 Å². The van der Waals surface area contributed by atoms with Gasteiger partial charge in [0.25, 0.3) is 0 Å². The van der Waals surface area contributed by atoms with E-state index in [-0.39, 0.29) is 18.2 Å². The minimum absolute atomic E-state index is 0. The fourth-order valence-corrected chi connectivity index (χ4v) is 1.88. The molecule has 0 spiro atoms. The maximum atomic E-state index is 11.3. The smallest absolute Gasteiger partial charge is 0.159 e. The number of hydrogen-bond donors (Lipinski definition) is 2. The number of ketones is 1. The lowest BCUT2D eigenvalue weighted by Crippen LogP contribution is -2.16. The molecular weight excluding hydrogens is 260 g/mol. The van der Waals surface area contributed by atoms with Crippen molar-refractivity contribution in [2.24, 2.45) is 0 Å². The van der Waals surface area contributed by atoms with E-state index >= 15 is 0 Å². The predicted molar refractivity (Wildman–Crippen MR) is 84.0 cm³/mol. The minimum Gasteiger partial charge on any atom is -0.398 e. The molecule has 1 rings (SSSR count). The topological polar surface area (TPSA) is 55.1 Å². The van der Waals surface area contributed by atoms with Gasteiger partial charge < -0.3 is 11.1 Å². The third-order valence-electron chi connectivity index (χ3n) is 3.07. The minimum atomic E-state index is 0. The average molecular weight is 285 g/mol. The molecule has 0 aliphatic rings. The largest absolute Gasteiger partial charge is 0.398 e. The molecule has 3 nitrogen and oxygen atoms in total. The van der Waals surface area contributed by atoms with E-state index in [1.807, 2.05) is 12.1 Å². The van der Waals surface area contributed by atoms with Gasteiger partial charge in [0.2, 0.25) is 0 Å². The molecule has 1 aromatic carbocycles. The molecule has 0 saturated heterocycles. The van der Waals surface area contributed by atoms with Crippen LogP contribution in [0.4, 0.5) is 5.69 Å². The Labute approximate surface area is 122 Å². The Morgan fingerprint density at radius 1 is 1.26 bits per heavy atom.